The third-order valence-electron chi connectivity index (χ3n) is 3.07. The molecule has 1 aromatic rings. The van der Waals surface area contributed by atoms with Crippen molar-refractivity contribution in [1.29, 1.82) is 0 Å². The number of hydrogen-bond donors (Lipinski definition) is 0. The van der Waals surface area contributed by atoms with E-state index in [0.29, 0.717) is 5.82 Å². The molecule has 1 unspecified atom stereocenters. The summed E-state index contributed by atoms with van der Waals surface area (Å²) < 4.78 is 9.21. The maximum Gasteiger partial charge on any atom is 0.356 e. The number of esters is 2. The molecule has 7 nitrogen and oxygen atoms in total. The molecule has 106 valence electrons. The van der Waals surface area contributed by atoms with Crippen molar-refractivity contribution in [2.75, 3.05) is 25.7 Å². The van der Waals surface area contributed by atoms with Crippen molar-refractivity contribution in [3.8, 4) is 0 Å². The molecule has 20 heavy (non-hydrogen) atoms. The lowest BCUT2D eigenvalue weighted by Gasteiger charge is -2.15. The van der Waals surface area contributed by atoms with Gasteiger partial charge in [0.15, 0.2) is 5.69 Å². The van der Waals surface area contributed by atoms with Crippen LogP contribution in [0.25, 0.3) is 0 Å². The first kappa shape index (κ1) is 14.0. The molecule has 1 aliphatic rings. The summed E-state index contributed by atoms with van der Waals surface area (Å²) in [5.41, 5.74) is 0.110. The highest BCUT2D eigenvalue weighted by atomic mass is 16.5. The summed E-state index contributed by atoms with van der Waals surface area (Å²) in [6.07, 6.45) is 0.0802. The van der Waals surface area contributed by atoms with Gasteiger partial charge in [0.25, 0.3) is 0 Å². The van der Waals surface area contributed by atoms with E-state index in [1.165, 1.54) is 25.2 Å². The number of carbonyl (C=O) groups is 3. The summed E-state index contributed by atoms with van der Waals surface area (Å²) in [6, 6.07) is 4.70. The third kappa shape index (κ3) is 2.61. The SMILES string of the molecule is COC(=O)c1cccc(N2CC(C(=O)OC)CC2=O)n1. The Balaban J connectivity index is 2.22. The summed E-state index contributed by atoms with van der Waals surface area (Å²) in [5, 5.41) is 0. The van der Waals surface area contributed by atoms with E-state index in [1.807, 2.05) is 0 Å². The van der Waals surface area contributed by atoms with Gasteiger partial charge in [0.05, 0.1) is 20.1 Å². The highest BCUT2D eigenvalue weighted by molar-refractivity contribution is 5.99. The van der Waals surface area contributed by atoms with Crippen LogP contribution in [-0.2, 0) is 19.1 Å². The zero-order valence-corrected chi connectivity index (χ0v) is 11.2. The van der Waals surface area contributed by atoms with Gasteiger partial charge in [-0.3, -0.25) is 14.5 Å². The number of methoxy groups -OCH3 is 2. The first-order chi connectivity index (χ1) is 9.56. The lowest BCUT2D eigenvalue weighted by molar-refractivity contribution is -0.145. The van der Waals surface area contributed by atoms with E-state index in [9.17, 15) is 14.4 Å². The van der Waals surface area contributed by atoms with Crippen LogP contribution >= 0.6 is 0 Å². The number of carbonyl (C=O) groups excluding carboxylic acids is 3. The lowest BCUT2D eigenvalue weighted by atomic mass is 10.1. The largest absolute Gasteiger partial charge is 0.469 e. The van der Waals surface area contributed by atoms with Crippen LogP contribution in [0.15, 0.2) is 18.2 Å². The van der Waals surface area contributed by atoms with Gasteiger partial charge in [-0.25, -0.2) is 9.78 Å². The van der Waals surface area contributed by atoms with Crippen molar-refractivity contribution in [1.82, 2.24) is 4.98 Å². The van der Waals surface area contributed by atoms with E-state index in [4.69, 9.17) is 0 Å². The number of aromatic nitrogens is 1. The molecule has 7 heteroatoms. The van der Waals surface area contributed by atoms with Crippen molar-refractivity contribution >= 4 is 23.7 Å². The molecule has 1 aliphatic heterocycles. The van der Waals surface area contributed by atoms with Gasteiger partial charge in [0.2, 0.25) is 5.91 Å². The Hall–Kier alpha value is -2.44. The number of pyridine rings is 1. The van der Waals surface area contributed by atoms with Gasteiger partial charge in [-0.05, 0) is 12.1 Å². The summed E-state index contributed by atoms with van der Waals surface area (Å²) in [7, 11) is 2.54. The van der Waals surface area contributed by atoms with Crippen molar-refractivity contribution in [3.05, 3.63) is 23.9 Å². The molecule has 1 atom stereocenters. The zero-order valence-electron chi connectivity index (χ0n) is 11.2. The quantitative estimate of drug-likeness (QED) is 0.744. The molecule has 0 saturated carbocycles. The van der Waals surface area contributed by atoms with E-state index in [-0.39, 0.29) is 24.6 Å². The van der Waals surface area contributed by atoms with Crippen LogP contribution in [0.4, 0.5) is 5.82 Å². The van der Waals surface area contributed by atoms with Gasteiger partial charge >= 0.3 is 11.9 Å². The van der Waals surface area contributed by atoms with Crippen LogP contribution < -0.4 is 4.90 Å². The van der Waals surface area contributed by atoms with Crippen LogP contribution in [0.3, 0.4) is 0 Å². The number of hydrogen-bond acceptors (Lipinski definition) is 6. The van der Waals surface area contributed by atoms with E-state index in [1.54, 1.807) is 12.1 Å². The van der Waals surface area contributed by atoms with Crippen molar-refractivity contribution in [3.63, 3.8) is 0 Å². The van der Waals surface area contributed by atoms with Gasteiger partial charge in [-0.1, -0.05) is 6.07 Å². The Morgan fingerprint density at radius 3 is 2.70 bits per heavy atom. The Bertz CT molecular complexity index is 557. The van der Waals surface area contributed by atoms with Crippen LogP contribution in [0.2, 0.25) is 0 Å². The van der Waals surface area contributed by atoms with E-state index < -0.39 is 17.9 Å². The second-order valence-electron chi connectivity index (χ2n) is 4.30. The summed E-state index contributed by atoms with van der Waals surface area (Å²) in [4.78, 5) is 40.2. The molecule has 0 aromatic carbocycles. The minimum absolute atomic E-state index is 0.0802. The van der Waals surface area contributed by atoms with Crippen LogP contribution in [-0.4, -0.2) is 43.6 Å². The standard InChI is InChI=1S/C13H14N2O5/c1-19-12(17)8-6-11(16)15(7-8)10-5-3-4-9(14-10)13(18)20-2/h3-5,8H,6-7H2,1-2H3. The number of nitrogens with zero attached hydrogens (tertiary/aromatic N) is 2. The van der Waals surface area contributed by atoms with Crippen molar-refractivity contribution in [2.24, 2.45) is 5.92 Å². The third-order valence-corrected chi connectivity index (χ3v) is 3.07. The molecule has 0 bridgehead atoms. The van der Waals surface area contributed by atoms with Gasteiger partial charge in [-0.2, -0.15) is 0 Å². The predicted molar refractivity (Wildman–Crippen MR) is 68.1 cm³/mol. The Morgan fingerprint density at radius 2 is 2.05 bits per heavy atom. The minimum atomic E-state index is -0.581. The topological polar surface area (TPSA) is 85.8 Å². The number of anilines is 1. The lowest BCUT2D eigenvalue weighted by Crippen LogP contribution is -2.27. The predicted octanol–water partition coefficient (Wildman–Crippen LogP) is 0.394. The highest BCUT2D eigenvalue weighted by Gasteiger charge is 2.36. The maximum atomic E-state index is 11.9. The van der Waals surface area contributed by atoms with Gasteiger partial charge in [0, 0.05) is 13.0 Å². The smallest absolute Gasteiger partial charge is 0.356 e. The van der Waals surface area contributed by atoms with Crippen molar-refractivity contribution < 1.29 is 23.9 Å². The molecule has 1 amide bonds. The molecule has 2 heterocycles. The fourth-order valence-electron chi connectivity index (χ4n) is 2.05. The van der Waals surface area contributed by atoms with Gasteiger partial charge in [-0.15, -0.1) is 0 Å². The van der Waals surface area contributed by atoms with Gasteiger partial charge < -0.3 is 9.47 Å². The molecule has 1 aromatic heterocycles. The normalized spacial score (nSPS) is 18.0. The molecular weight excluding hydrogens is 264 g/mol. The average molecular weight is 278 g/mol. The average Bonchev–Trinajstić information content (AvgIpc) is 2.87. The highest BCUT2D eigenvalue weighted by Crippen LogP contribution is 2.24. The number of ether oxygens (including phenoxy) is 2. The second-order valence-corrected chi connectivity index (χ2v) is 4.30. The van der Waals surface area contributed by atoms with Gasteiger partial charge in [0.1, 0.15) is 5.82 Å². The number of rotatable bonds is 3. The summed E-state index contributed by atoms with van der Waals surface area (Å²) in [5.74, 6) is -1.41. The fourth-order valence-corrected chi connectivity index (χ4v) is 2.05. The molecule has 1 fully saturated rings. The van der Waals surface area contributed by atoms with Crippen LogP contribution in [0, 0.1) is 5.92 Å². The van der Waals surface area contributed by atoms with E-state index in [2.05, 4.69) is 14.5 Å². The molecule has 0 aliphatic carbocycles. The molecule has 0 radical (unpaired) electrons. The monoisotopic (exact) mass is 278 g/mol. The molecule has 1 saturated heterocycles. The van der Waals surface area contributed by atoms with E-state index in [0.717, 1.165) is 0 Å². The Morgan fingerprint density at radius 1 is 1.30 bits per heavy atom. The van der Waals surface area contributed by atoms with Crippen molar-refractivity contribution in [2.45, 2.75) is 6.42 Å². The molecule has 0 N–H and O–H groups in total. The molecule has 2 rings (SSSR count). The summed E-state index contributed by atoms with van der Waals surface area (Å²) >= 11 is 0. The van der Waals surface area contributed by atoms with E-state index >= 15 is 0 Å². The van der Waals surface area contributed by atoms with Crippen LogP contribution in [0.5, 0.6) is 0 Å². The number of amides is 1. The second kappa shape index (κ2) is 5.68. The van der Waals surface area contributed by atoms with Crippen LogP contribution in [0.1, 0.15) is 16.9 Å². The maximum absolute atomic E-state index is 11.9. The zero-order chi connectivity index (χ0) is 14.7. The minimum Gasteiger partial charge on any atom is -0.469 e. The Kier molecular flexibility index (Phi) is 3.97. The Labute approximate surface area is 115 Å². The first-order valence-electron chi connectivity index (χ1n) is 6.00. The fraction of sp³-hybridized carbons (Fsp3) is 0.385. The first-order valence-corrected chi connectivity index (χ1v) is 6.00. The summed E-state index contributed by atoms with van der Waals surface area (Å²) in [6.45, 7) is 0.198. The molecular formula is C13H14N2O5. The molecule has 0 spiro atoms.